The van der Waals surface area contributed by atoms with E-state index in [9.17, 15) is 4.79 Å². The van der Waals surface area contributed by atoms with Crippen molar-refractivity contribution in [2.45, 2.75) is 19.8 Å². The van der Waals surface area contributed by atoms with Crippen LogP contribution in [0.3, 0.4) is 0 Å². The molecule has 0 atom stereocenters. The average Bonchev–Trinajstić information content (AvgIpc) is 3.12. The van der Waals surface area contributed by atoms with E-state index in [1.54, 1.807) is 11.0 Å². The molecule has 0 spiro atoms. The second kappa shape index (κ2) is 11.3. The van der Waals surface area contributed by atoms with E-state index in [0.717, 1.165) is 18.4 Å². The Morgan fingerprint density at radius 3 is 2.77 bits per heavy atom. The van der Waals surface area contributed by atoms with Crippen LogP contribution in [0, 0.1) is 0 Å². The zero-order chi connectivity index (χ0) is 22.2. The Labute approximate surface area is 198 Å². The van der Waals surface area contributed by atoms with Crippen molar-refractivity contribution >= 4 is 52.3 Å². The average molecular weight is 470 g/mol. The van der Waals surface area contributed by atoms with E-state index in [1.165, 1.54) is 27.6 Å². The minimum atomic E-state index is -0.0896. The molecule has 1 aromatic carbocycles. The fourth-order valence-corrected chi connectivity index (χ4v) is 4.28. The van der Waals surface area contributed by atoms with E-state index in [2.05, 4.69) is 31.2 Å². The molecule has 0 N–H and O–H groups in total. The van der Waals surface area contributed by atoms with Gasteiger partial charge in [0.2, 0.25) is 0 Å². The molecule has 0 saturated heterocycles. The Morgan fingerprint density at radius 1 is 1.23 bits per heavy atom. The van der Waals surface area contributed by atoms with Gasteiger partial charge in [-0.25, -0.2) is 0 Å². The number of carbonyl (C=O) groups excluding carboxylic acids is 1. The van der Waals surface area contributed by atoms with Gasteiger partial charge >= 0.3 is 0 Å². The quantitative estimate of drug-likeness (QED) is 0.299. The van der Waals surface area contributed by atoms with Crippen LogP contribution in [0.5, 0.6) is 0 Å². The summed E-state index contributed by atoms with van der Waals surface area (Å²) in [7, 11) is 1.81. The lowest BCUT2D eigenvalue weighted by Gasteiger charge is -2.18. The third-order valence-electron chi connectivity index (χ3n) is 4.95. The lowest BCUT2D eigenvalue weighted by molar-refractivity contribution is -0.125. The molecule has 0 saturated carbocycles. The minimum absolute atomic E-state index is 0.0896. The number of hydrogen-bond acceptors (Lipinski definition) is 4. The van der Waals surface area contributed by atoms with Gasteiger partial charge in [0.15, 0.2) is 0 Å². The van der Waals surface area contributed by atoms with Gasteiger partial charge in [-0.1, -0.05) is 72.0 Å². The van der Waals surface area contributed by atoms with Gasteiger partial charge in [-0.05, 0) is 55.2 Å². The summed E-state index contributed by atoms with van der Waals surface area (Å²) in [6, 6.07) is 11.2. The number of thiocarbonyl (C=S) groups is 1. The molecule has 0 bridgehead atoms. The van der Waals surface area contributed by atoms with Gasteiger partial charge in [-0.2, -0.15) is 0 Å². The van der Waals surface area contributed by atoms with Gasteiger partial charge < -0.3 is 9.32 Å². The molecule has 3 nitrogen and oxygen atoms in total. The summed E-state index contributed by atoms with van der Waals surface area (Å²) in [5, 5.41) is 0.615. The van der Waals surface area contributed by atoms with Gasteiger partial charge in [-0.15, -0.1) is 0 Å². The summed E-state index contributed by atoms with van der Waals surface area (Å²) < 4.78 is 7.41. The SMILES string of the molecule is CC1=C(CCN(C)C(=O)/C(=C/c2ccc(-c3ccccc3Cl)o2)SC=S)C=CCC=C1. The highest BCUT2D eigenvalue weighted by Crippen LogP contribution is 2.30. The van der Waals surface area contributed by atoms with Crippen molar-refractivity contribution in [3.8, 4) is 11.3 Å². The first kappa shape index (κ1) is 23.3. The van der Waals surface area contributed by atoms with Crippen LogP contribution < -0.4 is 0 Å². The number of nitrogens with zero attached hydrogens (tertiary/aromatic N) is 1. The monoisotopic (exact) mass is 469 g/mol. The number of carbonyl (C=O) groups is 1. The molecule has 3 rings (SSSR count). The molecule has 31 heavy (non-hydrogen) atoms. The Bertz CT molecular complexity index is 1080. The van der Waals surface area contributed by atoms with Crippen molar-refractivity contribution in [1.82, 2.24) is 4.90 Å². The largest absolute Gasteiger partial charge is 0.457 e. The van der Waals surface area contributed by atoms with E-state index >= 15 is 0 Å². The van der Waals surface area contributed by atoms with Gasteiger partial charge in [0.05, 0.1) is 9.93 Å². The lowest BCUT2D eigenvalue weighted by atomic mass is 10.1. The van der Waals surface area contributed by atoms with Gasteiger partial charge in [0.25, 0.3) is 5.91 Å². The van der Waals surface area contributed by atoms with Crippen molar-refractivity contribution in [2.75, 3.05) is 13.6 Å². The van der Waals surface area contributed by atoms with Gasteiger partial charge in [-0.3, -0.25) is 4.79 Å². The summed E-state index contributed by atoms with van der Waals surface area (Å²) in [5.41, 5.74) is 3.29. The van der Waals surface area contributed by atoms with Crippen LogP contribution in [0.2, 0.25) is 5.02 Å². The summed E-state index contributed by atoms with van der Waals surface area (Å²) in [6.45, 7) is 2.71. The second-order valence-corrected chi connectivity index (χ2v) is 8.98. The van der Waals surface area contributed by atoms with Crippen LogP contribution in [0.1, 0.15) is 25.5 Å². The van der Waals surface area contributed by atoms with Crippen molar-refractivity contribution in [2.24, 2.45) is 0 Å². The molecule has 2 aromatic rings. The Morgan fingerprint density at radius 2 is 2.00 bits per heavy atom. The van der Waals surface area contributed by atoms with E-state index < -0.39 is 0 Å². The first-order valence-electron chi connectivity index (χ1n) is 9.94. The molecule has 1 aliphatic rings. The smallest absolute Gasteiger partial charge is 0.260 e. The Kier molecular flexibility index (Phi) is 8.52. The third-order valence-corrected chi connectivity index (χ3v) is 6.22. The van der Waals surface area contributed by atoms with E-state index in [-0.39, 0.29) is 5.91 Å². The molecule has 160 valence electrons. The predicted octanol–water partition coefficient (Wildman–Crippen LogP) is 7.31. The number of likely N-dealkylation sites (N-methyl/N-ethyl adjacent to an activating group) is 1. The van der Waals surface area contributed by atoms with Crippen LogP contribution >= 0.6 is 35.6 Å². The molecule has 0 radical (unpaired) electrons. The maximum Gasteiger partial charge on any atom is 0.260 e. The summed E-state index contributed by atoms with van der Waals surface area (Å²) in [6.07, 6.45) is 12.0. The molecular formula is C25H24ClNO2S2. The number of amides is 1. The standard InChI is InChI=1S/C25H24ClNO2S2/c1-18-8-4-3-5-9-19(18)14-15-27(2)25(28)24(31-17-30)16-20-12-13-23(29-20)21-10-6-7-11-22(21)26/h4-13,16-17H,3,14-15H2,1-2H3/b24-16-. The van der Waals surface area contributed by atoms with Crippen molar-refractivity contribution in [1.29, 1.82) is 0 Å². The van der Waals surface area contributed by atoms with Crippen LogP contribution in [0.25, 0.3) is 17.4 Å². The Balaban J connectivity index is 1.74. The maximum absolute atomic E-state index is 13.1. The molecule has 1 amide bonds. The van der Waals surface area contributed by atoms with Crippen molar-refractivity contribution < 1.29 is 9.21 Å². The number of benzene rings is 1. The lowest BCUT2D eigenvalue weighted by Crippen LogP contribution is -2.28. The van der Waals surface area contributed by atoms with Gasteiger partial charge in [0.1, 0.15) is 11.5 Å². The second-order valence-electron chi connectivity index (χ2n) is 7.13. The topological polar surface area (TPSA) is 33.5 Å². The number of rotatable bonds is 8. The minimum Gasteiger partial charge on any atom is -0.457 e. The van der Waals surface area contributed by atoms with Crippen molar-refractivity contribution in [3.05, 3.63) is 87.5 Å². The number of furan rings is 1. The van der Waals surface area contributed by atoms with E-state index in [1.807, 2.05) is 43.4 Å². The highest BCUT2D eigenvalue weighted by molar-refractivity contribution is 8.24. The molecule has 1 aromatic heterocycles. The fraction of sp³-hybridized carbons (Fsp3) is 0.200. The molecular weight excluding hydrogens is 446 g/mol. The first-order valence-corrected chi connectivity index (χ1v) is 11.7. The van der Waals surface area contributed by atoms with Crippen LogP contribution in [0.4, 0.5) is 0 Å². The fourth-order valence-electron chi connectivity index (χ4n) is 3.19. The van der Waals surface area contributed by atoms with Gasteiger partial charge in [0, 0.05) is 29.9 Å². The molecule has 6 heteroatoms. The molecule has 1 heterocycles. The Hall–Kier alpha value is -2.34. The number of hydrogen-bond donors (Lipinski definition) is 0. The molecule has 0 fully saturated rings. The summed E-state index contributed by atoms with van der Waals surface area (Å²) in [5.74, 6) is 1.14. The third kappa shape index (κ3) is 6.33. The highest BCUT2D eigenvalue weighted by Gasteiger charge is 2.17. The summed E-state index contributed by atoms with van der Waals surface area (Å²) in [4.78, 5) is 15.3. The first-order chi connectivity index (χ1) is 15.0. The predicted molar refractivity (Wildman–Crippen MR) is 136 cm³/mol. The maximum atomic E-state index is 13.1. The number of halogens is 1. The molecule has 1 aliphatic carbocycles. The van der Waals surface area contributed by atoms with Crippen LogP contribution in [0.15, 0.2) is 81.2 Å². The molecule has 0 aliphatic heterocycles. The normalized spacial score (nSPS) is 14.0. The van der Waals surface area contributed by atoms with Crippen molar-refractivity contribution in [3.63, 3.8) is 0 Å². The summed E-state index contributed by atoms with van der Waals surface area (Å²) >= 11 is 12.5. The number of allylic oxidation sites excluding steroid dienone is 5. The highest BCUT2D eigenvalue weighted by atomic mass is 35.5. The van der Waals surface area contributed by atoms with Crippen LogP contribution in [-0.2, 0) is 4.79 Å². The number of thioether (sulfide) groups is 1. The van der Waals surface area contributed by atoms with Crippen LogP contribution in [-0.4, -0.2) is 29.1 Å². The van der Waals surface area contributed by atoms with E-state index in [4.69, 9.17) is 28.2 Å². The van der Waals surface area contributed by atoms with E-state index in [0.29, 0.717) is 28.0 Å². The zero-order valence-corrected chi connectivity index (χ0v) is 19.9. The molecule has 0 unspecified atom stereocenters. The zero-order valence-electron chi connectivity index (χ0n) is 17.5.